The zero-order chi connectivity index (χ0) is 14.7. The Labute approximate surface area is 133 Å². The van der Waals surface area contributed by atoms with E-state index in [1.807, 2.05) is 6.07 Å². The molecular formula is C18H17BrO2. The van der Waals surface area contributed by atoms with Crippen molar-refractivity contribution < 1.29 is 9.53 Å². The SMILES string of the molecule is O=Cc1ccc(OCC2CCCc3ccccc32)c(Br)c1. The second-order valence-electron chi connectivity index (χ2n) is 5.41. The molecule has 21 heavy (non-hydrogen) atoms. The molecular weight excluding hydrogens is 328 g/mol. The van der Waals surface area contributed by atoms with Crippen molar-refractivity contribution >= 4 is 22.2 Å². The van der Waals surface area contributed by atoms with Crippen molar-refractivity contribution in [2.45, 2.75) is 25.2 Å². The Bertz CT molecular complexity index is 651. The topological polar surface area (TPSA) is 26.3 Å². The van der Waals surface area contributed by atoms with Crippen LogP contribution in [0.1, 0.15) is 40.2 Å². The molecule has 0 heterocycles. The van der Waals surface area contributed by atoms with Gasteiger partial charge < -0.3 is 4.74 Å². The standard InChI is InChI=1S/C18H17BrO2/c19-17-10-13(11-20)8-9-18(17)21-12-15-6-3-5-14-4-1-2-7-16(14)15/h1-2,4,7-11,15H,3,5-6,12H2. The molecule has 0 bridgehead atoms. The van der Waals surface area contributed by atoms with E-state index in [0.717, 1.165) is 16.5 Å². The number of aldehydes is 1. The molecule has 1 unspecified atom stereocenters. The van der Waals surface area contributed by atoms with Crippen LogP contribution >= 0.6 is 15.9 Å². The van der Waals surface area contributed by atoms with E-state index >= 15 is 0 Å². The molecule has 0 N–H and O–H groups in total. The number of fused-ring (bicyclic) bond motifs is 1. The van der Waals surface area contributed by atoms with Crippen LogP contribution in [0.15, 0.2) is 46.9 Å². The first kappa shape index (κ1) is 14.3. The van der Waals surface area contributed by atoms with Crippen molar-refractivity contribution in [3.05, 3.63) is 63.6 Å². The van der Waals surface area contributed by atoms with Crippen molar-refractivity contribution in [3.8, 4) is 5.75 Å². The molecule has 1 atom stereocenters. The summed E-state index contributed by atoms with van der Waals surface area (Å²) in [6.45, 7) is 0.677. The minimum Gasteiger partial charge on any atom is -0.492 e. The summed E-state index contributed by atoms with van der Waals surface area (Å²) in [7, 11) is 0. The first-order chi connectivity index (χ1) is 10.3. The molecule has 108 valence electrons. The lowest BCUT2D eigenvalue weighted by atomic mass is 9.83. The van der Waals surface area contributed by atoms with Gasteiger partial charge in [-0.05, 0) is 64.5 Å². The van der Waals surface area contributed by atoms with Crippen LogP contribution < -0.4 is 4.74 Å². The molecule has 2 aromatic rings. The number of hydrogen-bond donors (Lipinski definition) is 0. The number of ether oxygens (including phenoxy) is 1. The van der Waals surface area contributed by atoms with Crippen LogP contribution in [0.25, 0.3) is 0 Å². The Morgan fingerprint density at radius 2 is 2.10 bits per heavy atom. The van der Waals surface area contributed by atoms with Crippen molar-refractivity contribution in [2.75, 3.05) is 6.61 Å². The predicted octanol–water partition coefficient (Wildman–Crippen LogP) is 4.76. The molecule has 0 fully saturated rings. The van der Waals surface area contributed by atoms with Gasteiger partial charge in [-0.3, -0.25) is 4.79 Å². The summed E-state index contributed by atoms with van der Waals surface area (Å²) < 4.78 is 6.80. The summed E-state index contributed by atoms with van der Waals surface area (Å²) in [5.74, 6) is 1.25. The lowest BCUT2D eigenvalue weighted by molar-refractivity contribution is 0.112. The fraction of sp³-hybridized carbons (Fsp3) is 0.278. The van der Waals surface area contributed by atoms with Gasteiger partial charge in [-0.15, -0.1) is 0 Å². The predicted molar refractivity (Wildman–Crippen MR) is 87.1 cm³/mol. The molecule has 0 saturated carbocycles. The van der Waals surface area contributed by atoms with Gasteiger partial charge in [0.25, 0.3) is 0 Å². The zero-order valence-corrected chi connectivity index (χ0v) is 13.3. The fourth-order valence-electron chi connectivity index (χ4n) is 2.93. The minimum atomic E-state index is 0.451. The van der Waals surface area contributed by atoms with E-state index in [1.54, 1.807) is 12.1 Å². The average Bonchev–Trinajstić information content (AvgIpc) is 2.53. The Hall–Kier alpha value is -1.61. The lowest BCUT2D eigenvalue weighted by Crippen LogP contribution is -2.16. The molecule has 0 aromatic heterocycles. The van der Waals surface area contributed by atoms with Gasteiger partial charge in [-0.2, -0.15) is 0 Å². The monoisotopic (exact) mass is 344 g/mol. The van der Waals surface area contributed by atoms with Gasteiger partial charge in [-0.1, -0.05) is 24.3 Å². The molecule has 3 heteroatoms. The number of benzene rings is 2. The normalized spacial score (nSPS) is 17.1. The third-order valence-corrected chi connectivity index (χ3v) is 4.65. The molecule has 0 aliphatic heterocycles. The Morgan fingerprint density at radius 1 is 1.24 bits per heavy atom. The lowest BCUT2D eigenvalue weighted by Gasteiger charge is -2.25. The van der Waals surface area contributed by atoms with E-state index in [9.17, 15) is 4.79 Å². The smallest absolute Gasteiger partial charge is 0.150 e. The molecule has 0 saturated heterocycles. The van der Waals surface area contributed by atoms with Crippen LogP contribution in [-0.2, 0) is 6.42 Å². The van der Waals surface area contributed by atoms with E-state index in [4.69, 9.17) is 4.74 Å². The number of carbonyl (C=O) groups excluding carboxylic acids is 1. The second-order valence-corrected chi connectivity index (χ2v) is 6.26. The molecule has 0 amide bonds. The van der Waals surface area contributed by atoms with Crippen LogP contribution in [0, 0.1) is 0 Å². The average molecular weight is 345 g/mol. The third kappa shape index (κ3) is 3.18. The van der Waals surface area contributed by atoms with Crippen LogP contribution in [0.5, 0.6) is 5.75 Å². The highest BCUT2D eigenvalue weighted by Crippen LogP contribution is 2.33. The number of hydrogen-bond acceptors (Lipinski definition) is 2. The Morgan fingerprint density at radius 3 is 2.90 bits per heavy atom. The summed E-state index contributed by atoms with van der Waals surface area (Å²) in [5.41, 5.74) is 3.52. The maximum Gasteiger partial charge on any atom is 0.150 e. The second kappa shape index (κ2) is 6.44. The van der Waals surface area contributed by atoms with E-state index < -0.39 is 0 Å². The van der Waals surface area contributed by atoms with Crippen molar-refractivity contribution in [1.29, 1.82) is 0 Å². The van der Waals surface area contributed by atoms with E-state index in [1.165, 1.54) is 30.4 Å². The number of rotatable bonds is 4. The van der Waals surface area contributed by atoms with Gasteiger partial charge in [0.05, 0.1) is 11.1 Å². The van der Waals surface area contributed by atoms with Crippen LogP contribution in [-0.4, -0.2) is 12.9 Å². The molecule has 0 radical (unpaired) electrons. The quantitative estimate of drug-likeness (QED) is 0.747. The molecule has 1 aliphatic carbocycles. The van der Waals surface area contributed by atoms with E-state index in [0.29, 0.717) is 18.1 Å². The summed E-state index contributed by atoms with van der Waals surface area (Å²) in [4.78, 5) is 10.8. The maximum absolute atomic E-state index is 10.8. The molecule has 2 nitrogen and oxygen atoms in total. The highest BCUT2D eigenvalue weighted by molar-refractivity contribution is 9.10. The number of carbonyl (C=O) groups is 1. The van der Waals surface area contributed by atoms with Gasteiger partial charge in [0.1, 0.15) is 12.0 Å². The molecule has 2 aromatic carbocycles. The molecule has 0 spiro atoms. The van der Waals surface area contributed by atoms with Crippen LogP contribution in [0.2, 0.25) is 0 Å². The summed E-state index contributed by atoms with van der Waals surface area (Å²) in [5, 5.41) is 0. The summed E-state index contributed by atoms with van der Waals surface area (Å²) in [6, 6.07) is 14.1. The Balaban J connectivity index is 1.73. The van der Waals surface area contributed by atoms with Crippen LogP contribution in [0.3, 0.4) is 0 Å². The largest absolute Gasteiger partial charge is 0.492 e. The van der Waals surface area contributed by atoms with Gasteiger partial charge in [0.15, 0.2) is 0 Å². The van der Waals surface area contributed by atoms with Gasteiger partial charge in [0.2, 0.25) is 0 Å². The van der Waals surface area contributed by atoms with E-state index in [2.05, 4.69) is 40.2 Å². The van der Waals surface area contributed by atoms with Crippen LogP contribution in [0.4, 0.5) is 0 Å². The fourth-order valence-corrected chi connectivity index (χ4v) is 3.44. The Kier molecular flexibility index (Phi) is 4.39. The first-order valence-corrected chi connectivity index (χ1v) is 8.02. The third-order valence-electron chi connectivity index (χ3n) is 4.03. The van der Waals surface area contributed by atoms with Crippen molar-refractivity contribution in [3.63, 3.8) is 0 Å². The maximum atomic E-state index is 10.8. The summed E-state index contributed by atoms with van der Waals surface area (Å²) >= 11 is 3.46. The van der Waals surface area contributed by atoms with Crippen molar-refractivity contribution in [1.82, 2.24) is 0 Å². The molecule has 1 aliphatic rings. The minimum absolute atomic E-state index is 0.451. The summed E-state index contributed by atoms with van der Waals surface area (Å²) in [6.07, 6.45) is 4.40. The van der Waals surface area contributed by atoms with Gasteiger partial charge in [-0.25, -0.2) is 0 Å². The number of aryl methyl sites for hydroxylation is 1. The highest BCUT2D eigenvalue weighted by atomic mass is 79.9. The van der Waals surface area contributed by atoms with Gasteiger partial charge in [0, 0.05) is 11.5 Å². The number of halogens is 1. The van der Waals surface area contributed by atoms with E-state index in [-0.39, 0.29) is 0 Å². The molecule has 3 rings (SSSR count). The highest BCUT2D eigenvalue weighted by Gasteiger charge is 2.20. The zero-order valence-electron chi connectivity index (χ0n) is 11.7. The first-order valence-electron chi connectivity index (χ1n) is 7.23. The van der Waals surface area contributed by atoms with Crippen molar-refractivity contribution in [2.24, 2.45) is 0 Å². The van der Waals surface area contributed by atoms with Gasteiger partial charge >= 0.3 is 0 Å².